The summed E-state index contributed by atoms with van der Waals surface area (Å²) in [6.07, 6.45) is 2.30. The number of carbonyl (C=O) groups excluding carboxylic acids is 1. The largest absolute Gasteiger partial charge is 0.361 e. The maximum Gasteiger partial charge on any atom is 0.242 e. The molecule has 1 fully saturated rings. The first-order chi connectivity index (χ1) is 9.90. The average molecular weight is 336 g/mol. The highest BCUT2D eigenvalue weighted by Gasteiger charge is 2.31. The Morgan fingerprint density at radius 1 is 1.33 bits per heavy atom. The van der Waals surface area contributed by atoms with Crippen LogP contribution in [-0.2, 0) is 14.8 Å². The second kappa shape index (κ2) is 8.50. The van der Waals surface area contributed by atoms with Crippen LogP contribution in [0.25, 0.3) is 0 Å². The maximum atomic E-state index is 12.1. The van der Waals surface area contributed by atoms with E-state index in [1.165, 1.54) is 4.31 Å². The first-order valence-electron chi connectivity index (χ1n) is 7.22. The number of thiocarbonyl (C=S) groups is 1. The maximum absolute atomic E-state index is 12.1. The van der Waals surface area contributed by atoms with Gasteiger partial charge in [0.1, 0.15) is 0 Å². The minimum Gasteiger partial charge on any atom is -0.361 e. The van der Waals surface area contributed by atoms with Gasteiger partial charge in [-0.3, -0.25) is 15.6 Å². The molecule has 0 aromatic heterocycles. The Bertz CT molecular complexity index is 467. The molecule has 1 amide bonds. The normalized spacial score (nSPS) is 19.8. The summed E-state index contributed by atoms with van der Waals surface area (Å²) in [6, 6.07) is 0. The number of carbonyl (C=O) groups is 1. The van der Waals surface area contributed by atoms with E-state index in [-0.39, 0.29) is 24.1 Å². The van der Waals surface area contributed by atoms with E-state index in [1.807, 2.05) is 6.92 Å². The van der Waals surface area contributed by atoms with Gasteiger partial charge in [-0.25, -0.2) is 12.7 Å². The van der Waals surface area contributed by atoms with Gasteiger partial charge < -0.3 is 5.32 Å². The van der Waals surface area contributed by atoms with Crippen LogP contribution < -0.4 is 16.2 Å². The van der Waals surface area contributed by atoms with Gasteiger partial charge in [0.2, 0.25) is 15.9 Å². The van der Waals surface area contributed by atoms with Crippen LogP contribution in [0, 0.1) is 5.92 Å². The topological polar surface area (TPSA) is 90.5 Å². The van der Waals surface area contributed by atoms with Crippen molar-refractivity contribution in [3.63, 3.8) is 0 Å². The fraction of sp³-hybridized carbons (Fsp3) is 0.833. The van der Waals surface area contributed by atoms with Gasteiger partial charge in [0.05, 0.1) is 11.7 Å². The molecule has 1 unspecified atom stereocenters. The summed E-state index contributed by atoms with van der Waals surface area (Å²) in [5.41, 5.74) is 5.17. The fourth-order valence-corrected chi connectivity index (χ4v) is 3.43. The minimum absolute atomic E-state index is 0.0601. The lowest BCUT2D eigenvalue weighted by Crippen LogP contribution is -2.52. The molecule has 9 heteroatoms. The first-order valence-corrected chi connectivity index (χ1v) is 9.24. The second-order valence-corrected chi connectivity index (χ2v) is 7.63. The van der Waals surface area contributed by atoms with Gasteiger partial charge in [0.15, 0.2) is 5.11 Å². The second-order valence-electron chi connectivity index (χ2n) is 4.97. The van der Waals surface area contributed by atoms with Crippen LogP contribution in [0.4, 0.5) is 0 Å². The molecule has 122 valence electrons. The highest BCUT2D eigenvalue weighted by molar-refractivity contribution is 7.89. The Balaban J connectivity index is 2.45. The smallest absolute Gasteiger partial charge is 0.242 e. The van der Waals surface area contributed by atoms with E-state index in [0.717, 1.165) is 13.0 Å². The molecule has 1 saturated heterocycles. The average Bonchev–Trinajstić information content (AvgIpc) is 2.50. The van der Waals surface area contributed by atoms with Crippen LogP contribution in [0.1, 0.15) is 33.1 Å². The van der Waals surface area contributed by atoms with Crippen LogP contribution in [-0.4, -0.2) is 49.1 Å². The molecule has 0 aromatic carbocycles. The molecule has 0 radical (unpaired) electrons. The molecular formula is C12H24N4O3S2. The zero-order chi connectivity index (χ0) is 15.9. The lowest BCUT2D eigenvalue weighted by Gasteiger charge is -2.30. The number of amides is 1. The number of piperidine rings is 1. The van der Waals surface area contributed by atoms with Gasteiger partial charge in [-0.1, -0.05) is 6.92 Å². The Hall–Kier alpha value is -0.930. The molecule has 0 bridgehead atoms. The molecule has 0 spiro atoms. The third-order valence-electron chi connectivity index (χ3n) is 3.35. The van der Waals surface area contributed by atoms with Crippen molar-refractivity contribution in [2.45, 2.75) is 33.1 Å². The number of hydrazine groups is 1. The van der Waals surface area contributed by atoms with Gasteiger partial charge in [0.25, 0.3) is 0 Å². The van der Waals surface area contributed by atoms with Crippen LogP contribution in [0.2, 0.25) is 0 Å². The summed E-state index contributed by atoms with van der Waals surface area (Å²) in [5, 5.41) is 3.29. The molecule has 7 nitrogen and oxygen atoms in total. The van der Waals surface area contributed by atoms with Crippen molar-refractivity contribution in [1.29, 1.82) is 0 Å². The van der Waals surface area contributed by atoms with Gasteiger partial charge in [-0.15, -0.1) is 0 Å². The number of nitrogens with zero attached hydrogens (tertiary/aromatic N) is 1. The first kappa shape index (κ1) is 18.1. The van der Waals surface area contributed by atoms with E-state index in [0.29, 0.717) is 24.5 Å². The summed E-state index contributed by atoms with van der Waals surface area (Å²) < 4.78 is 25.1. The Morgan fingerprint density at radius 2 is 2.05 bits per heavy atom. The molecule has 1 rings (SSSR count). The quantitative estimate of drug-likeness (QED) is 0.482. The molecule has 0 saturated carbocycles. The predicted molar refractivity (Wildman–Crippen MR) is 85.9 cm³/mol. The van der Waals surface area contributed by atoms with Crippen LogP contribution in [0.3, 0.4) is 0 Å². The number of hydrogen-bond acceptors (Lipinski definition) is 4. The summed E-state index contributed by atoms with van der Waals surface area (Å²) in [7, 11) is -3.24. The van der Waals surface area contributed by atoms with E-state index in [4.69, 9.17) is 12.2 Å². The van der Waals surface area contributed by atoms with E-state index in [1.54, 1.807) is 6.92 Å². The number of nitrogens with one attached hydrogen (secondary N) is 3. The molecule has 0 aliphatic carbocycles. The van der Waals surface area contributed by atoms with Gasteiger partial charge >= 0.3 is 0 Å². The fourth-order valence-electron chi connectivity index (χ4n) is 2.09. The standard InChI is InChI=1S/C12H24N4O3S2/c1-3-7-13-12(20)15-14-11(17)10-6-5-8-16(9-10)21(18,19)4-2/h10H,3-9H2,1-2H3,(H,14,17)(H2,13,15,20). The predicted octanol–water partition coefficient (Wildman–Crippen LogP) is -0.0466. The third-order valence-corrected chi connectivity index (χ3v) is 5.44. The summed E-state index contributed by atoms with van der Waals surface area (Å²) in [6.45, 7) is 5.08. The molecular weight excluding hydrogens is 312 g/mol. The van der Waals surface area contributed by atoms with E-state index >= 15 is 0 Å². The lowest BCUT2D eigenvalue weighted by atomic mass is 9.99. The zero-order valence-corrected chi connectivity index (χ0v) is 14.1. The van der Waals surface area contributed by atoms with Crippen molar-refractivity contribution in [3.8, 4) is 0 Å². The van der Waals surface area contributed by atoms with Crippen LogP contribution in [0.15, 0.2) is 0 Å². The number of sulfonamides is 1. The Morgan fingerprint density at radius 3 is 2.67 bits per heavy atom. The van der Waals surface area contributed by atoms with Crippen molar-refractivity contribution in [3.05, 3.63) is 0 Å². The minimum atomic E-state index is -3.24. The molecule has 1 heterocycles. The van der Waals surface area contributed by atoms with Crippen LogP contribution >= 0.6 is 12.2 Å². The van der Waals surface area contributed by atoms with Crippen molar-refractivity contribution >= 4 is 33.3 Å². The van der Waals surface area contributed by atoms with E-state index < -0.39 is 10.0 Å². The lowest BCUT2D eigenvalue weighted by molar-refractivity contribution is -0.126. The molecule has 0 aromatic rings. The van der Waals surface area contributed by atoms with E-state index in [9.17, 15) is 13.2 Å². The van der Waals surface area contributed by atoms with Crippen molar-refractivity contribution in [2.24, 2.45) is 5.92 Å². The SMILES string of the molecule is CCCNC(=S)NNC(=O)C1CCCN(S(=O)(=O)CC)C1. The highest BCUT2D eigenvalue weighted by atomic mass is 32.2. The summed E-state index contributed by atoms with van der Waals surface area (Å²) in [5.74, 6) is -0.516. The highest BCUT2D eigenvalue weighted by Crippen LogP contribution is 2.19. The molecule has 1 atom stereocenters. The van der Waals surface area contributed by atoms with Crippen LogP contribution in [0.5, 0.6) is 0 Å². The van der Waals surface area contributed by atoms with Crippen molar-refractivity contribution in [2.75, 3.05) is 25.4 Å². The Labute approximate surface area is 131 Å². The van der Waals surface area contributed by atoms with Gasteiger partial charge in [-0.2, -0.15) is 0 Å². The van der Waals surface area contributed by atoms with Crippen molar-refractivity contribution in [1.82, 2.24) is 20.5 Å². The number of rotatable bonds is 5. The monoisotopic (exact) mass is 336 g/mol. The zero-order valence-electron chi connectivity index (χ0n) is 12.5. The summed E-state index contributed by atoms with van der Waals surface area (Å²) >= 11 is 5.00. The number of hydrogen-bond donors (Lipinski definition) is 3. The van der Waals surface area contributed by atoms with E-state index in [2.05, 4.69) is 16.2 Å². The third kappa shape index (κ3) is 5.76. The molecule has 21 heavy (non-hydrogen) atoms. The molecule has 1 aliphatic heterocycles. The molecule has 3 N–H and O–H groups in total. The Kier molecular flexibility index (Phi) is 7.33. The van der Waals surface area contributed by atoms with Gasteiger partial charge in [0, 0.05) is 19.6 Å². The summed E-state index contributed by atoms with van der Waals surface area (Å²) in [4.78, 5) is 12.1. The van der Waals surface area contributed by atoms with Crippen molar-refractivity contribution < 1.29 is 13.2 Å². The molecule has 1 aliphatic rings. The van der Waals surface area contributed by atoms with Gasteiger partial charge in [-0.05, 0) is 38.4 Å².